The molecule has 28 heavy (non-hydrogen) atoms. The Kier molecular flexibility index (Phi) is 6.02. The number of amides is 1. The first-order chi connectivity index (χ1) is 13.7. The van der Waals surface area contributed by atoms with E-state index in [0.29, 0.717) is 24.0 Å². The van der Waals surface area contributed by atoms with Crippen molar-refractivity contribution < 1.29 is 14.6 Å². The summed E-state index contributed by atoms with van der Waals surface area (Å²) in [4.78, 5) is 21.5. The van der Waals surface area contributed by atoms with E-state index in [-0.39, 0.29) is 18.1 Å². The predicted octanol–water partition coefficient (Wildman–Crippen LogP) is 2.50. The molecule has 0 spiro atoms. The van der Waals surface area contributed by atoms with Crippen LogP contribution in [-0.4, -0.2) is 52.9 Å². The van der Waals surface area contributed by atoms with Crippen molar-refractivity contribution in [3.63, 3.8) is 0 Å². The lowest BCUT2D eigenvalue weighted by Crippen LogP contribution is -2.33. The fraction of sp³-hybridized carbons (Fsp3) is 0.571. The van der Waals surface area contributed by atoms with Crippen LogP contribution in [0.4, 0.5) is 5.95 Å². The van der Waals surface area contributed by atoms with Gasteiger partial charge in [-0.3, -0.25) is 4.79 Å². The summed E-state index contributed by atoms with van der Waals surface area (Å²) < 4.78 is 5.47. The van der Waals surface area contributed by atoms with Gasteiger partial charge in [-0.15, -0.1) is 0 Å². The highest BCUT2D eigenvalue weighted by atomic mass is 16.5. The molecule has 1 saturated heterocycles. The minimum Gasteiger partial charge on any atom is -0.393 e. The number of fused-ring (bicyclic) bond motifs is 1. The third-order valence-corrected chi connectivity index (χ3v) is 5.68. The van der Waals surface area contributed by atoms with Crippen LogP contribution in [0, 0.1) is 5.92 Å². The fourth-order valence-corrected chi connectivity index (χ4v) is 3.94. The summed E-state index contributed by atoms with van der Waals surface area (Å²) in [6.07, 6.45) is 7.19. The van der Waals surface area contributed by atoms with Gasteiger partial charge in [0.15, 0.2) is 0 Å². The maximum absolute atomic E-state index is 12.5. The van der Waals surface area contributed by atoms with Gasteiger partial charge < -0.3 is 20.5 Å². The van der Waals surface area contributed by atoms with Gasteiger partial charge in [0.2, 0.25) is 5.95 Å². The van der Waals surface area contributed by atoms with Crippen LogP contribution < -0.4 is 10.6 Å². The third-order valence-electron chi connectivity index (χ3n) is 5.68. The molecule has 1 amide bonds. The molecule has 7 nitrogen and oxygen atoms in total. The number of rotatable bonds is 5. The van der Waals surface area contributed by atoms with E-state index in [2.05, 4.69) is 20.6 Å². The lowest BCUT2D eigenvalue weighted by molar-refractivity contribution is 0.0536. The molecule has 2 fully saturated rings. The summed E-state index contributed by atoms with van der Waals surface area (Å²) in [5.74, 6) is 0.887. The van der Waals surface area contributed by atoms with Crippen LogP contribution >= 0.6 is 0 Å². The van der Waals surface area contributed by atoms with Crippen molar-refractivity contribution in [3.05, 3.63) is 30.0 Å². The van der Waals surface area contributed by atoms with Gasteiger partial charge in [-0.1, -0.05) is 6.07 Å². The van der Waals surface area contributed by atoms with Gasteiger partial charge in [0, 0.05) is 36.3 Å². The average molecular weight is 384 g/mol. The summed E-state index contributed by atoms with van der Waals surface area (Å²) >= 11 is 0. The molecule has 0 bridgehead atoms. The molecular formula is C21H28N4O3. The van der Waals surface area contributed by atoms with E-state index < -0.39 is 0 Å². The quantitative estimate of drug-likeness (QED) is 0.733. The molecule has 7 heteroatoms. The number of nitrogens with one attached hydrogen (secondary N) is 2. The number of hydrogen-bond donors (Lipinski definition) is 3. The number of hydrogen-bond acceptors (Lipinski definition) is 6. The largest absolute Gasteiger partial charge is 0.393 e. The highest BCUT2D eigenvalue weighted by Crippen LogP contribution is 2.22. The summed E-state index contributed by atoms with van der Waals surface area (Å²) in [5.41, 5.74) is 1.36. The van der Waals surface area contributed by atoms with E-state index in [0.717, 1.165) is 62.6 Å². The topological polar surface area (TPSA) is 96.4 Å². The van der Waals surface area contributed by atoms with Gasteiger partial charge in [-0.2, -0.15) is 0 Å². The van der Waals surface area contributed by atoms with Crippen LogP contribution in [0.5, 0.6) is 0 Å². The summed E-state index contributed by atoms with van der Waals surface area (Å²) in [6.45, 7) is 2.19. The monoisotopic (exact) mass is 384 g/mol. The minimum absolute atomic E-state index is 0.0816. The van der Waals surface area contributed by atoms with Crippen LogP contribution in [-0.2, 0) is 4.74 Å². The normalized spacial score (nSPS) is 25.4. The second-order valence-electron chi connectivity index (χ2n) is 7.91. The molecule has 1 saturated carbocycles. The van der Waals surface area contributed by atoms with E-state index in [9.17, 15) is 9.90 Å². The first-order valence-electron chi connectivity index (χ1n) is 10.2. The van der Waals surface area contributed by atoms with Crippen molar-refractivity contribution in [3.8, 4) is 0 Å². The van der Waals surface area contributed by atoms with Gasteiger partial charge in [0.05, 0.1) is 18.2 Å². The first kappa shape index (κ1) is 19.1. The molecule has 1 aromatic carbocycles. The summed E-state index contributed by atoms with van der Waals surface area (Å²) in [7, 11) is 0. The SMILES string of the molecule is O=C(NCC1CCCOC1)c1ccc2cnc(NC3CCC(O)CC3)nc2c1. The molecule has 1 aliphatic heterocycles. The van der Waals surface area contributed by atoms with Crippen LogP contribution in [0.15, 0.2) is 24.4 Å². The molecular weight excluding hydrogens is 356 g/mol. The van der Waals surface area contributed by atoms with E-state index in [1.165, 1.54) is 0 Å². The number of benzene rings is 1. The van der Waals surface area contributed by atoms with Crippen LogP contribution in [0.1, 0.15) is 48.9 Å². The molecule has 1 aliphatic carbocycles. The lowest BCUT2D eigenvalue weighted by atomic mass is 9.93. The third kappa shape index (κ3) is 4.77. The Morgan fingerprint density at radius 3 is 2.86 bits per heavy atom. The van der Waals surface area contributed by atoms with Crippen molar-refractivity contribution in [2.75, 3.05) is 25.1 Å². The molecule has 1 aromatic heterocycles. The number of ether oxygens (including phenoxy) is 1. The second-order valence-corrected chi connectivity index (χ2v) is 7.91. The zero-order valence-corrected chi connectivity index (χ0v) is 16.1. The van der Waals surface area contributed by atoms with Crippen molar-refractivity contribution in [1.29, 1.82) is 0 Å². The zero-order valence-electron chi connectivity index (χ0n) is 16.1. The number of anilines is 1. The number of nitrogens with zero attached hydrogens (tertiary/aromatic N) is 2. The average Bonchev–Trinajstić information content (AvgIpc) is 2.74. The number of aliphatic hydroxyl groups excluding tert-OH is 1. The van der Waals surface area contributed by atoms with Gasteiger partial charge in [-0.25, -0.2) is 9.97 Å². The number of aromatic nitrogens is 2. The molecule has 0 radical (unpaired) electrons. The maximum atomic E-state index is 12.5. The first-order valence-corrected chi connectivity index (χ1v) is 10.2. The highest BCUT2D eigenvalue weighted by molar-refractivity contribution is 5.97. The minimum atomic E-state index is -0.184. The Hall–Kier alpha value is -2.25. The zero-order chi connectivity index (χ0) is 19.3. The number of carbonyl (C=O) groups excluding carboxylic acids is 1. The van der Waals surface area contributed by atoms with Crippen molar-refractivity contribution in [1.82, 2.24) is 15.3 Å². The molecule has 1 unspecified atom stereocenters. The molecule has 2 heterocycles. The molecule has 4 rings (SSSR count). The van der Waals surface area contributed by atoms with E-state index in [4.69, 9.17) is 4.74 Å². The molecule has 150 valence electrons. The smallest absolute Gasteiger partial charge is 0.251 e. The Labute approximate surface area is 164 Å². The van der Waals surface area contributed by atoms with Crippen molar-refractivity contribution in [2.45, 2.75) is 50.7 Å². The van der Waals surface area contributed by atoms with Crippen molar-refractivity contribution >= 4 is 22.8 Å². The van der Waals surface area contributed by atoms with Crippen LogP contribution in [0.25, 0.3) is 10.9 Å². The van der Waals surface area contributed by atoms with E-state index >= 15 is 0 Å². The van der Waals surface area contributed by atoms with Gasteiger partial charge in [0.25, 0.3) is 5.91 Å². The van der Waals surface area contributed by atoms with E-state index in [1.807, 2.05) is 18.2 Å². The number of carbonyl (C=O) groups is 1. The van der Waals surface area contributed by atoms with Crippen LogP contribution in [0.2, 0.25) is 0 Å². The molecule has 1 atom stereocenters. The summed E-state index contributed by atoms with van der Waals surface area (Å²) in [6, 6.07) is 5.80. The standard InChI is InChI=1S/C21H28N4O3/c26-18-7-5-17(6-8-18)24-21-23-12-16-4-3-15(10-19(16)25-21)20(27)22-11-14-2-1-9-28-13-14/h3-4,10,12,14,17-18,26H,1-2,5-9,11,13H2,(H,22,27)(H,23,24,25). The number of aliphatic hydroxyl groups is 1. The summed E-state index contributed by atoms with van der Waals surface area (Å²) in [5, 5.41) is 16.9. The maximum Gasteiger partial charge on any atom is 0.251 e. The predicted molar refractivity (Wildman–Crippen MR) is 107 cm³/mol. The van der Waals surface area contributed by atoms with Gasteiger partial charge in [0.1, 0.15) is 0 Å². The fourth-order valence-electron chi connectivity index (χ4n) is 3.94. The second kappa shape index (κ2) is 8.84. The Morgan fingerprint density at radius 2 is 2.07 bits per heavy atom. The Bertz CT molecular complexity index is 814. The molecule has 2 aromatic rings. The Balaban J connectivity index is 1.41. The molecule has 3 N–H and O–H groups in total. The van der Waals surface area contributed by atoms with Gasteiger partial charge >= 0.3 is 0 Å². The lowest BCUT2D eigenvalue weighted by Gasteiger charge is -2.26. The van der Waals surface area contributed by atoms with Crippen molar-refractivity contribution in [2.24, 2.45) is 5.92 Å². The highest BCUT2D eigenvalue weighted by Gasteiger charge is 2.20. The van der Waals surface area contributed by atoms with Crippen LogP contribution in [0.3, 0.4) is 0 Å². The van der Waals surface area contributed by atoms with Gasteiger partial charge in [-0.05, 0) is 56.6 Å². The Morgan fingerprint density at radius 1 is 1.21 bits per heavy atom. The van der Waals surface area contributed by atoms with E-state index in [1.54, 1.807) is 6.20 Å². The molecule has 2 aliphatic rings.